The van der Waals surface area contributed by atoms with Gasteiger partial charge in [-0.05, 0) is 42.5 Å². The number of carbonyl (C=O) groups excluding carboxylic acids is 1. The van der Waals surface area contributed by atoms with E-state index < -0.39 is 0 Å². The Morgan fingerprint density at radius 3 is 2.67 bits per heavy atom. The van der Waals surface area contributed by atoms with Crippen LogP contribution in [-0.4, -0.2) is 12.5 Å². The SMILES string of the molecule is C#CCOc1ccc(C(=O)Nc2cccc(C#N)c2)cc1. The number of anilines is 1. The van der Waals surface area contributed by atoms with Gasteiger partial charge in [-0.3, -0.25) is 4.79 Å². The van der Waals surface area contributed by atoms with Gasteiger partial charge in [-0.1, -0.05) is 12.0 Å². The molecule has 0 spiro atoms. The molecule has 1 amide bonds. The van der Waals surface area contributed by atoms with Crippen molar-refractivity contribution in [2.45, 2.75) is 0 Å². The molecule has 0 saturated carbocycles. The van der Waals surface area contributed by atoms with Crippen molar-refractivity contribution in [3.8, 4) is 24.2 Å². The normalized spacial score (nSPS) is 9.24. The van der Waals surface area contributed by atoms with Crippen molar-refractivity contribution >= 4 is 11.6 Å². The van der Waals surface area contributed by atoms with Crippen LogP contribution in [-0.2, 0) is 0 Å². The zero-order valence-electron chi connectivity index (χ0n) is 11.2. The van der Waals surface area contributed by atoms with E-state index in [1.165, 1.54) is 0 Å². The highest BCUT2D eigenvalue weighted by Crippen LogP contribution is 2.15. The average Bonchev–Trinajstić information content (AvgIpc) is 2.53. The van der Waals surface area contributed by atoms with Crippen molar-refractivity contribution in [3.63, 3.8) is 0 Å². The van der Waals surface area contributed by atoms with E-state index in [2.05, 4.69) is 11.2 Å². The van der Waals surface area contributed by atoms with Crippen molar-refractivity contribution in [2.75, 3.05) is 11.9 Å². The second kappa shape index (κ2) is 6.79. The standard InChI is InChI=1S/C17H12N2O2/c1-2-10-21-16-8-6-14(7-9-16)17(20)19-15-5-3-4-13(11-15)12-18/h1,3-9,11H,10H2,(H,19,20). The first-order chi connectivity index (χ1) is 10.2. The Morgan fingerprint density at radius 1 is 1.24 bits per heavy atom. The fourth-order valence-electron chi connectivity index (χ4n) is 1.70. The minimum absolute atomic E-state index is 0.187. The Labute approximate surface area is 123 Å². The maximum absolute atomic E-state index is 12.1. The molecular weight excluding hydrogens is 264 g/mol. The number of nitrogens with zero attached hydrogens (tertiary/aromatic N) is 1. The summed E-state index contributed by atoms with van der Waals surface area (Å²) in [5.41, 5.74) is 1.56. The summed E-state index contributed by atoms with van der Waals surface area (Å²) in [6.07, 6.45) is 5.10. The molecule has 0 heterocycles. The smallest absolute Gasteiger partial charge is 0.255 e. The van der Waals surface area contributed by atoms with Gasteiger partial charge in [0, 0.05) is 11.3 Å². The molecule has 2 aromatic carbocycles. The second-order valence-electron chi connectivity index (χ2n) is 4.16. The van der Waals surface area contributed by atoms with Crippen molar-refractivity contribution in [2.24, 2.45) is 0 Å². The molecule has 0 fully saturated rings. The molecular formula is C17H12N2O2. The summed E-state index contributed by atoms with van der Waals surface area (Å²) in [6.45, 7) is 0.187. The van der Waals surface area contributed by atoms with E-state index in [4.69, 9.17) is 16.4 Å². The molecule has 4 nitrogen and oxygen atoms in total. The number of nitrogens with one attached hydrogen (secondary N) is 1. The molecule has 0 bridgehead atoms. The van der Waals surface area contributed by atoms with Gasteiger partial charge in [0.1, 0.15) is 12.4 Å². The first kappa shape index (κ1) is 14.2. The predicted octanol–water partition coefficient (Wildman–Crippen LogP) is 2.82. The van der Waals surface area contributed by atoms with Gasteiger partial charge in [0.2, 0.25) is 0 Å². The van der Waals surface area contributed by atoms with Crippen LogP contribution in [0.2, 0.25) is 0 Å². The largest absolute Gasteiger partial charge is 0.481 e. The molecule has 0 aromatic heterocycles. The summed E-state index contributed by atoms with van der Waals surface area (Å²) in [6, 6.07) is 15.4. The Balaban J connectivity index is 2.06. The Hall–Kier alpha value is -3.24. The molecule has 0 aliphatic carbocycles. The Morgan fingerprint density at radius 2 is 2.00 bits per heavy atom. The van der Waals surface area contributed by atoms with Crippen molar-refractivity contribution in [3.05, 3.63) is 59.7 Å². The highest BCUT2D eigenvalue weighted by molar-refractivity contribution is 6.04. The molecule has 1 N–H and O–H groups in total. The lowest BCUT2D eigenvalue weighted by Crippen LogP contribution is -2.11. The first-order valence-electron chi connectivity index (χ1n) is 6.21. The Kier molecular flexibility index (Phi) is 4.58. The molecule has 0 unspecified atom stereocenters. The number of hydrogen-bond donors (Lipinski definition) is 1. The van der Waals surface area contributed by atoms with Crippen LogP contribution in [0.3, 0.4) is 0 Å². The number of ether oxygens (including phenoxy) is 1. The number of carbonyl (C=O) groups is 1. The molecule has 0 aliphatic heterocycles. The summed E-state index contributed by atoms with van der Waals surface area (Å²) in [7, 11) is 0. The van der Waals surface area contributed by atoms with Crippen LogP contribution in [0.4, 0.5) is 5.69 Å². The lowest BCUT2D eigenvalue weighted by atomic mass is 10.2. The summed E-state index contributed by atoms with van der Waals surface area (Å²) >= 11 is 0. The summed E-state index contributed by atoms with van der Waals surface area (Å²) in [5, 5.41) is 11.6. The van der Waals surface area contributed by atoms with E-state index in [1.807, 2.05) is 6.07 Å². The zero-order chi connectivity index (χ0) is 15.1. The molecule has 0 radical (unpaired) electrons. The highest BCUT2D eigenvalue weighted by atomic mass is 16.5. The van der Waals surface area contributed by atoms with Gasteiger partial charge < -0.3 is 10.1 Å². The Bertz CT molecular complexity index is 722. The van der Waals surface area contributed by atoms with Crippen LogP contribution in [0.5, 0.6) is 5.75 Å². The lowest BCUT2D eigenvalue weighted by molar-refractivity contribution is 0.102. The van der Waals surface area contributed by atoms with Crippen molar-refractivity contribution < 1.29 is 9.53 Å². The monoisotopic (exact) mass is 276 g/mol. The van der Waals surface area contributed by atoms with Gasteiger partial charge in [-0.2, -0.15) is 5.26 Å². The molecule has 21 heavy (non-hydrogen) atoms. The third kappa shape index (κ3) is 3.86. The van der Waals surface area contributed by atoms with E-state index in [0.29, 0.717) is 22.6 Å². The van der Waals surface area contributed by atoms with Crippen LogP contribution in [0, 0.1) is 23.7 Å². The minimum Gasteiger partial charge on any atom is -0.481 e. The van der Waals surface area contributed by atoms with E-state index in [0.717, 1.165) is 0 Å². The van der Waals surface area contributed by atoms with Gasteiger partial charge in [-0.25, -0.2) is 0 Å². The molecule has 4 heteroatoms. The molecule has 2 aromatic rings. The maximum atomic E-state index is 12.1. The highest BCUT2D eigenvalue weighted by Gasteiger charge is 2.06. The van der Waals surface area contributed by atoms with Gasteiger partial charge in [0.25, 0.3) is 5.91 Å². The van der Waals surface area contributed by atoms with E-state index in [9.17, 15) is 4.79 Å². The third-order valence-electron chi connectivity index (χ3n) is 2.69. The van der Waals surface area contributed by atoms with Crippen molar-refractivity contribution in [1.29, 1.82) is 5.26 Å². The fraction of sp³-hybridized carbons (Fsp3) is 0.0588. The van der Waals surface area contributed by atoms with Gasteiger partial charge in [0.05, 0.1) is 11.6 Å². The van der Waals surface area contributed by atoms with Crippen LogP contribution < -0.4 is 10.1 Å². The fourth-order valence-corrected chi connectivity index (χ4v) is 1.70. The third-order valence-corrected chi connectivity index (χ3v) is 2.69. The molecule has 0 aliphatic rings. The van der Waals surface area contributed by atoms with Crippen LogP contribution in [0.1, 0.15) is 15.9 Å². The summed E-state index contributed by atoms with van der Waals surface area (Å²) < 4.78 is 5.23. The number of rotatable bonds is 4. The van der Waals surface area contributed by atoms with Gasteiger partial charge in [-0.15, -0.1) is 6.42 Å². The van der Waals surface area contributed by atoms with E-state index in [1.54, 1.807) is 48.5 Å². The number of benzene rings is 2. The molecule has 0 atom stereocenters. The van der Waals surface area contributed by atoms with Crippen molar-refractivity contribution in [1.82, 2.24) is 0 Å². The molecule has 0 saturated heterocycles. The lowest BCUT2D eigenvalue weighted by Gasteiger charge is -2.06. The number of terminal acetylenes is 1. The molecule has 2 rings (SSSR count). The maximum Gasteiger partial charge on any atom is 0.255 e. The van der Waals surface area contributed by atoms with E-state index >= 15 is 0 Å². The summed E-state index contributed by atoms with van der Waals surface area (Å²) in [5.74, 6) is 2.72. The average molecular weight is 276 g/mol. The predicted molar refractivity (Wildman–Crippen MR) is 79.9 cm³/mol. The second-order valence-corrected chi connectivity index (χ2v) is 4.16. The van der Waals surface area contributed by atoms with E-state index in [-0.39, 0.29) is 12.5 Å². The minimum atomic E-state index is -0.256. The van der Waals surface area contributed by atoms with Gasteiger partial charge in [0.15, 0.2) is 0 Å². The zero-order valence-corrected chi connectivity index (χ0v) is 11.2. The summed E-state index contributed by atoms with van der Waals surface area (Å²) in [4.78, 5) is 12.1. The quantitative estimate of drug-likeness (QED) is 0.873. The van der Waals surface area contributed by atoms with Gasteiger partial charge >= 0.3 is 0 Å². The number of nitriles is 1. The first-order valence-corrected chi connectivity index (χ1v) is 6.21. The topological polar surface area (TPSA) is 62.1 Å². The van der Waals surface area contributed by atoms with Crippen LogP contribution >= 0.6 is 0 Å². The number of hydrogen-bond acceptors (Lipinski definition) is 3. The van der Waals surface area contributed by atoms with Crippen LogP contribution in [0.15, 0.2) is 48.5 Å². The number of amides is 1. The van der Waals surface area contributed by atoms with Crippen LogP contribution in [0.25, 0.3) is 0 Å². The molecule has 102 valence electrons.